The summed E-state index contributed by atoms with van der Waals surface area (Å²) < 4.78 is 21.2. The number of esters is 1. The van der Waals surface area contributed by atoms with Crippen LogP contribution in [0.4, 0.5) is 0 Å². The molecule has 36 heavy (non-hydrogen) atoms. The van der Waals surface area contributed by atoms with E-state index < -0.39 is 80.6 Å². The molecular formula is C24H44O12. The van der Waals surface area contributed by atoms with E-state index in [9.17, 15) is 40.5 Å². The molecule has 0 saturated carbocycles. The van der Waals surface area contributed by atoms with E-state index in [4.69, 9.17) is 18.9 Å². The number of unbranched alkanes of at least 4 members (excludes halogenated alkanes) is 8. The molecule has 0 aromatic carbocycles. The second-order valence-electron chi connectivity index (χ2n) is 9.61. The summed E-state index contributed by atoms with van der Waals surface area (Å²) in [5, 5.41) is 69.6. The van der Waals surface area contributed by atoms with E-state index in [1.165, 1.54) is 32.1 Å². The normalized spacial score (nSPS) is 37.1. The van der Waals surface area contributed by atoms with Crippen molar-refractivity contribution in [2.24, 2.45) is 0 Å². The van der Waals surface area contributed by atoms with Gasteiger partial charge in [0.15, 0.2) is 6.29 Å². The van der Waals surface area contributed by atoms with Gasteiger partial charge in [0.25, 0.3) is 0 Å². The molecule has 0 bridgehead atoms. The van der Waals surface area contributed by atoms with Gasteiger partial charge in [0.2, 0.25) is 6.29 Å². The van der Waals surface area contributed by atoms with E-state index in [0.717, 1.165) is 19.3 Å². The van der Waals surface area contributed by atoms with Gasteiger partial charge in [0, 0.05) is 6.42 Å². The van der Waals surface area contributed by atoms with Crippen LogP contribution in [0.15, 0.2) is 0 Å². The van der Waals surface area contributed by atoms with Crippen molar-refractivity contribution in [3.05, 3.63) is 0 Å². The SMILES string of the molecule is CCCCCCCCCCCC(=O)O[C@H]1O[C@H](CO[C@H]2O[C@H](CO)[C@@H](O)[C@H](O)[C@H]2O)[C@@H](O)[C@H](O)[C@H]1O. The molecule has 0 amide bonds. The zero-order valence-electron chi connectivity index (χ0n) is 20.9. The van der Waals surface area contributed by atoms with Crippen molar-refractivity contribution in [2.45, 2.75) is 133 Å². The average Bonchev–Trinajstić information content (AvgIpc) is 2.87. The fourth-order valence-electron chi connectivity index (χ4n) is 4.31. The number of aliphatic hydroxyl groups is 7. The molecule has 2 heterocycles. The van der Waals surface area contributed by atoms with Crippen LogP contribution < -0.4 is 0 Å². The molecule has 2 fully saturated rings. The van der Waals surface area contributed by atoms with Crippen LogP contribution in [-0.2, 0) is 23.7 Å². The first-order chi connectivity index (χ1) is 17.2. The van der Waals surface area contributed by atoms with Crippen LogP contribution in [0.2, 0.25) is 0 Å². The molecule has 2 saturated heterocycles. The Hall–Kier alpha value is -0.930. The van der Waals surface area contributed by atoms with E-state index in [0.29, 0.717) is 6.42 Å². The lowest BCUT2D eigenvalue weighted by Crippen LogP contribution is -2.61. The molecule has 2 rings (SSSR count). The van der Waals surface area contributed by atoms with Gasteiger partial charge in [0.1, 0.15) is 48.8 Å². The minimum Gasteiger partial charge on any atom is -0.433 e. The van der Waals surface area contributed by atoms with Gasteiger partial charge < -0.3 is 54.7 Å². The molecule has 0 spiro atoms. The van der Waals surface area contributed by atoms with E-state index in [2.05, 4.69) is 6.92 Å². The third-order valence-electron chi connectivity index (χ3n) is 6.67. The number of aliphatic hydroxyl groups excluding tert-OH is 7. The van der Waals surface area contributed by atoms with E-state index in [-0.39, 0.29) is 6.42 Å². The summed E-state index contributed by atoms with van der Waals surface area (Å²) in [5.74, 6) is -0.612. The predicted octanol–water partition coefficient (Wildman–Crippen LogP) is -0.925. The van der Waals surface area contributed by atoms with E-state index >= 15 is 0 Å². The van der Waals surface area contributed by atoms with E-state index in [1.54, 1.807) is 0 Å². The van der Waals surface area contributed by atoms with Crippen LogP contribution >= 0.6 is 0 Å². The summed E-state index contributed by atoms with van der Waals surface area (Å²) in [5.41, 5.74) is 0. The fourth-order valence-corrected chi connectivity index (χ4v) is 4.31. The third kappa shape index (κ3) is 9.12. The molecule has 12 heteroatoms. The van der Waals surface area contributed by atoms with Gasteiger partial charge in [-0.25, -0.2) is 0 Å². The van der Waals surface area contributed by atoms with Gasteiger partial charge in [0.05, 0.1) is 13.2 Å². The Bertz CT molecular complexity index is 620. The second-order valence-corrected chi connectivity index (χ2v) is 9.61. The Labute approximate surface area is 211 Å². The zero-order chi connectivity index (χ0) is 26.7. The quantitative estimate of drug-likeness (QED) is 0.103. The monoisotopic (exact) mass is 524 g/mol. The Balaban J connectivity index is 1.76. The maximum absolute atomic E-state index is 12.2. The van der Waals surface area contributed by atoms with Crippen LogP contribution in [0.5, 0.6) is 0 Å². The number of rotatable bonds is 15. The lowest BCUT2D eigenvalue weighted by atomic mass is 9.98. The Morgan fingerprint density at radius 2 is 1.17 bits per heavy atom. The van der Waals surface area contributed by atoms with Crippen molar-refractivity contribution in [3.8, 4) is 0 Å². The van der Waals surface area contributed by atoms with Crippen molar-refractivity contribution in [1.29, 1.82) is 0 Å². The summed E-state index contributed by atoms with van der Waals surface area (Å²) in [6.45, 7) is 1.05. The minimum atomic E-state index is -1.70. The third-order valence-corrected chi connectivity index (χ3v) is 6.67. The first-order valence-electron chi connectivity index (χ1n) is 13.0. The average molecular weight is 525 g/mol. The van der Waals surface area contributed by atoms with Crippen LogP contribution in [-0.4, -0.2) is 116 Å². The molecule has 0 aromatic rings. The maximum atomic E-state index is 12.2. The summed E-state index contributed by atoms with van der Waals surface area (Å²) in [6, 6.07) is 0. The maximum Gasteiger partial charge on any atom is 0.308 e. The lowest BCUT2D eigenvalue weighted by molar-refractivity contribution is -0.327. The molecule has 0 aliphatic carbocycles. The number of ether oxygens (including phenoxy) is 4. The molecule has 212 valence electrons. The van der Waals surface area contributed by atoms with Crippen LogP contribution in [0.1, 0.15) is 71.1 Å². The van der Waals surface area contributed by atoms with Crippen molar-refractivity contribution < 1.29 is 59.5 Å². The molecule has 7 N–H and O–H groups in total. The molecule has 2 aliphatic heterocycles. The summed E-state index contributed by atoms with van der Waals surface area (Å²) in [6.07, 6.45) is -5.50. The second kappa shape index (κ2) is 16.1. The summed E-state index contributed by atoms with van der Waals surface area (Å²) in [4.78, 5) is 12.2. The molecular weight excluding hydrogens is 480 g/mol. The van der Waals surface area contributed by atoms with Gasteiger partial charge in [-0.2, -0.15) is 0 Å². The largest absolute Gasteiger partial charge is 0.433 e. The summed E-state index contributed by atoms with van der Waals surface area (Å²) >= 11 is 0. The number of carbonyl (C=O) groups excluding carboxylic acids is 1. The van der Waals surface area contributed by atoms with Crippen molar-refractivity contribution >= 4 is 5.97 Å². The van der Waals surface area contributed by atoms with Crippen LogP contribution in [0.25, 0.3) is 0 Å². The molecule has 12 nitrogen and oxygen atoms in total. The molecule has 2 aliphatic rings. The van der Waals surface area contributed by atoms with Crippen molar-refractivity contribution in [1.82, 2.24) is 0 Å². The van der Waals surface area contributed by atoms with Crippen LogP contribution in [0, 0.1) is 0 Å². The zero-order valence-corrected chi connectivity index (χ0v) is 20.9. The number of hydrogen-bond donors (Lipinski definition) is 7. The Kier molecular flexibility index (Phi) is 14.0. The summed E-state index contributed by atoms with van der Waals surface area (Å²) in [7, 11) is 0. The molecule has 0 aromatic heterocycles. The smallest absolute Gasteiger partial charge is 0.308 e. The topological polar surface area (TPSA) is 196 Å². The first kappa shape index (κ1) is 31.3. The lowest BCUT2D eigenvalue weighted by Gasteiger charge is -2.42. The number of hydrogen-bond acceptors (Lipinski definition) is 12. The highest BCUT2D eigenvalue weighted by molar-refractivity contribution is 5.69. The minimum absolute atomic E-state index is 0.118. The Morgan fingerprint density at radius 3 is 1.75 bits per heavy atom. The van der Waals surface area contributed by atoms with Gasteiger partial charge >= 0.3 is 5.97 Å². The van der Waals surface area contributed by atoms with Gasteiger partial charge in [-0.15, -0.1) is 0 Å². The fraction of sp³-hybridized carbons (Fsp3) is 0.958. The number of carbonyl (C=O) groups is 1. The molecule has 0 radical (unpaired) electrons. The van der Waals surface area contributed by atoms with Gasteiger partial charge in [-0.05, 0) is 6.42 Å². The van der Waals surface area contributed by atoms with Gasteiger partial charge in [-0.1, -0.05) is 58.3 Å². The van der Waals surface area contributed by atoms with Gasteiger partial charge in [-0.3, -0.25) is 4.79 Å². The highest BCUT2D eigenvalue weighted by atomic mass is 16.7. The standard InChI is InChI=1S/C24H44O12/c1-2-3-4-5-6-7-8-9-10-11-16(26)36-24-22(32)20(30)18(28)15(35-24)13-33-23-21(31)19(29)17(27)14(12-25)34-23/h14-15,17-25,27-32H,2-13H2,1H3/t14-,15-,17-,18-,19+,20+,21-,22-,23+,24-/m1/s1. The van der Waals surface area contributed by atoms with Crippen molar-refractivity contribution in [2.75, 3.05) is 13.2 Å². The van der Waals surface area contributed by atoms with Crippen molar-refractivity contribution in [3.63, 3.8) is 0 Å². The highest BCUT2D eigenvalue weighted by Crippen LogP contribution is 2.26. The van der Waals surface area contributed by atoms with E-state index in [1.807, 2.05) is 0 Å². The predicted molar refractivity (Wildman–Crippen MR) is 124 cm³/mol. The Morgan fingerprint density at radius 1 is 0.667 bits per heavy atom. The van der Waals surface area contributed by atoms with Crippen LogP contribution in [0.3, 0.4) is 0 Å². The molecule has 0 unspecified atom stereocenters. The highest BCUT2D eigenvalue weighted by Gasteiger charge is 2.48. The molecule has 10 atom stereocenters. The first-order valence-corrected chi connectivity index (χ1v) is 13.0.